The van der Waals surface area contributed by atoms with Gasteiger partial charge in [-0.2, -0.15) is 0 Å². The average molecular weight is 263 g/mol. The van der Waals surface area contributed by atoms with Crippen LogP contribution in [0.25, 0.3) is 0 Å². The molecule has 0 radical (unpaired) electrons. The largest absolute Gasteiger partial charge is 0.291 e. The molecule has 110 valence electrons. The second-order valence-corrected chi connectivity index (χ2v) is 6.67. The maximum absolute atomic E-state index is 5.14. The van der Waals surface area contributed by atoms with E-state index in [1.807, 2.05) is 0 Å². The summed E-state index contributed by atoms with van der Waals surface area (Å²) in [5.74, 6) is 0. The van der Waals surface area contributed by atoms with E-state index in [1.165, 1.54) is 103 Å². The van der Waals surface area contributed by atoms with Crippen molar-refractivity contribution in [1.82, 2.24) is 0 Å². The molecule has 2 aliphatic carbocycles. The molecule has 0 N–H and O–H groups in total. The molecule has 0 amide bonds. The van der Waals surface area contributed by atoms with Gasteiger partial charge in [-0.05, 0) is 38.5 Å². The summed E-state index contributed by atoms with van der Waals surface area (Å²) in [6.07, 6.45) is 22.6. The minimum atomic E-state index is 0.674. The van der Waals surface area contributed by atoms with E-state index in [2.05, 4.69) is 0 Å². The van der Waals surface area contributed by atoms with E-state index in [1.54, 1.807) is 5.71 Å². The molecule has 0 unspecified atom stereocenters. The molecule has 0 aromatic rings. The number of aliphatic imine (C=N–C) groups is 1. The first-order chi connectivity index (χ1) is 9.45. The maximum Gasteiger partial charge on any atom is 0.0499 e. The molecule has 2 saturated carbocycles. The smallest absolute Gasteiger partial charge is 0.0499 e. The third-order valence-electron chi connectivity index (χ3n) is 4.87. The van der Waals surface area contributed by atoms with Crippen molar-refractivity contribution in [2.75, 3.05) is 0 Å². The zero-order valence-corrected chi connectivity index (χ0v) is 12.8. The molecule has 2 rings (SSSR count). The van der Waals surface area contributed by atoms with Crippen LogP contribution >= 0.6 is 0 Å². The molecule has 2 fully saturated rings. The van der Waals surface area contributed by atoms with Crippen molar-refractivity contribution in [3.05, 3.63) is 0 Å². The van der Waals surface area contributed by atoms with Gasteiger partial charge in [0, 0.05) is 11.8 Å². The summed E-state index contributed by atoms with van der Waals surface area (Å²) < 4.78 is 0. The lowest BCUT2D eigenvalue weighted by atomic mass is 9.96. The summed E-state index contributed by atoms with van der Waals surface area (Å²) in [6, 6.07) is 0.674. The highest BCUT2D eigenvalue weighted by molar-refractivity contribution is 5.85. The number of nitrogens with zero attached hydrogens (tertiary/aromatic N) is 1. The van der Waals surface area contributed by atoms with Crippen molar-refractivity contribution in [3.8, 4) is 0 Å². The van der Waals surface area contributed by atoms with Crippen LogP contribution in [0.4, 0.5) is 0 Å². The number of rotatable bonds is 1. The Morgan fingerprint density at radius 3 is 1.47 bits per heavy atom. The molecule has 0 aromatic carbocycles. The van der Waals surface area contributed by atoms with Crippen LogP contribution in [0.5, 0.6) is 0 Å². The van der Waals surface area contributed by atoms with E-state index in [9.17, 15) is 0 Å². The predicted octanol–water partition coefficient (Wildman–Crippen LogP) is 6.06. The normalized spacial score (nSPS) is 25.4. The van der Waals surface area contributed by atoms with E-state index in [-0.39, 0.29) is 0 Å². The van der Waals surface area contributed by atoms with Gasteiger partial charge in [-0.3, -0.25) is 4.99 Å². The molecule has 0 aliphatic heterocycles. The molecule has 0 spiro atoms. The van der Waals surface area contributed by atoms with Gasteiger partial charge in [0.05, 0.1) is 0 Å². The Hall–Kier alpha value is -0.330. The van der Waals surface area contributed by atoms with Crippen molar-refractivity contribution in [2.24, 2.45) is 4.99 Å². The third-order valence-corrected chi connectivity index (χ3v) is 4.87. The van der Waals surface area contributed by atoms with Gasteiger partial charge < -0.3 is 0 Å². The topological polar surface area (TPSA) is 12.4 Å². The zero-order valence-electron chi connectivity index (χ0n) is 12.8. The fraction of sp³-hybridized carbons (Fsp3) is 0.944. The van der Waals surface area contributed by atoms with E-state index in [4.69, 9.17) is 4.99 Å². The first-order valence-corrected chi connectivity index (χ1v) is 9.01. The molecule has 0 atom stereocenters. The Bertz CT molecular complexity index is 236. The van der Waals surface area contributed by atoms with Gasteiger partial charge in [0.25, 0.3) is 0 Å². The highest BCUT2D eigenvalue weighted by atomic mass is 14.8. The van der Waals surface area contributed by atoms with Crippen molar-refractivity contribution in [1.29, 1.82) is 0 Å². The van der Waals surface area contributed by atoms with Crippen LogP contribution in [0.1, 0.15) is 103 Å². The third kappa shape index (κ3) is 6.58. The lowest BCUT2D eigenvalue weighted by Gasteiger charge is -2.18. The second kappa shape index (κ2) is 9.55. The molecule has 1 heteroatoms. The van der Waals surface area contributed by atoms with Crippen LogP contribution in [0, 0.1) is 0 Å². The molecule has 0 aromatic heterocycles. The summed E-state index contributed by atoms with van der Waals surface area (Å²) in [5, 5.41) is 0. The number of hydrogen-bond donors (Lipinski definition) is 0. The van der Waals surface area contributed by atoms with Crippen molar-refractivity contribution < 1.29 is 0 Å². The van der Waals surface area contributed by atoms with Crippen LogP contribution in [0.2, 0.25) is 0 Å². The molecular formula is C18H33N. The molecule has 0 heterocycles. The highest BCUT2D eigenvalue weighted by Crippen LogP contribution is 2.21. The van der Waals surface area contributed by atoms with Gasteiger partial charge in [0.2, 0.25) is 0 Å². The SMILES string of the molecule is C1CCCCCC(N=C2CCCCC2)CCCCC1. The summed E-state index contributed by atoms with van der Waals surface area (Å²) in [6.45, 7) is 0. The van der Waals surface area contributed by atoms with E-state index >= 15 is 0 Å². The van der Waals surface area contributed by atoms with Crippen molar-refractivity contribution in [2.45, 2.75) is 109 Å². The van der Waals surface area contributed by atoms with Gasteiger partial charge in [-0.25, -0.2) is 0 Å². The van der Waals surface area contributed by atoms with Gasteiger partial charge in [-0.15, -0.1) is 0 Å². The Morgan fingerprint density at radius 1 is 0.526 bits per heavy atom. The van der Waals surface area contributed by atoms with Crippen LogP contribution in [0.15, 0.2) is 4.99 Å². The first-order valence-electron chi connectivity index (χ1n) is 9.01. The zero-order chi connectivity index (χ0) is 13.2. The standard InChI is InChI=1S/C18H33N/c1-2-4-6-9-13-17(14-10-7-5-3-1)19-18-15-11-8-12-16-18/h17H,1-16H2. The number of hydrogen-bond acceptors (Lipinski definition) is 1. The van der Waals surface area contributed by atoms with E-state index in [0.29, 0.717) is 6.04 Å². The lowest BCUT2D eigenvalue weighted by Crippen LogP contribution is -2.12. The summed E-state index contributed by atoms with van der Waals surface area (Å²) in [4.78, 5) is 5.14. The van der Waals surface area contributed by atoms with Crippen LogP contribution in [-0.2, 0) is 0 Å². The minimum absolute atomic E-state index is 0.674. The summed E-state index contributed by atoms with van der Waals surface area (Å²) >= 11 is 0. The summed E-state index contributed by atoms with van der Waals surface area (Å²) in [5.41, 5.74) is 1.56. The first kappa shape index (κ1) is 15.1. The average Bonchev–Trinajstić information content (AvgIpc) is 2.43. The molecular weight excluding hydrogens is 230 g/mol. The fourth-order valence-corrected chi connectivity index (χ4v) is 3.62. The quantitative estimate of drug-likeness (QED) is 0.545. The lowest BCUT2D eigenvalue weighted by molar-refractivity contribution is 0.464. The van der Waals surface area contributed by atoms with Crippen LogP contribution in [-0.4, -0.2) is 11.8 Å². The molecule has 1 nitrogen and oxygen atoms in total. The van der Waals surface area contributed by atoms with E-state index in [0.717, 1.165) is 0 Å². The minimum Gasteiger partial charge on any atom is -0.291 e. The Morgan fingerprint density at radius 2 is 0.947 bits per heavy atom. The van der Waals surface area contributed by atoms with Gasteiger partial charge in [-0.1, -0.05) is 64.2 Å². The van der Waals surface area contributed by atoms with Crippen LogP contribution in [0.3, 0.4) is 0 Å². The Labute approximate surface area is 120 Å². The second-order valence-electron chi connectivity index (χ2n) is 6.67. The fourth-order valence-electron chi connectivity index (χ4n) is 3.62. The van der Waals surface area contributed by atoms with Gasteiger partial charge in [0.15, 0.2) is 0 Å². The Balaban J connectivity index is 1.80. The highest BCUT2D eigenvalue weighted by Gasteiger charge is 2.12. The van der Waals surface area contributed by atoms with Crippen molar-refractivity contribution in [3.63, 3.8) is 0 Å². The predicted molar refractivity (Wildman–Crippen MR) is 85.1 cm³/mol. The maximum atomic E-state index is 5.14. The Kier molecular flexibility index (Phi) is 7.58. The molecule has 0 bridgehead atoms. The van der Waals surface area contributed by atoms with Gasteiger partial charge >= 0.3 is 0 Å². The summed E-state index contributed by atoms with van der Waals surface area (Å²) in [7, 11) is 0. The van der Waals surface area contributed by atoms with Crippen molar-refractivity contribution >= 4 is 5.71 Å². The molecule has 19 heavy (non-hydrogen) atoms. The molecule has 2 aliphatic rings. The van der Waals surface area contributed by atoms with E-state index < -0.39 is 0 Å². The monoisotopic (exact) mass is 263 g/mol. The van der Waals surface area contributed by atoms with Crippen LogP contribution < -0.4 is 0 Å². The van der Waals surface area contributed by atoms with Gasteiger partial charge in [0.1, 0.15) is 0 Å². The molecule has 0 saturated heterocycles.